The van der Waals surface area contributed by atoms with E-state index in [4.69, 9.17) is 4.74 Å². The van der Waals surface area contributed by atoms with Gasteiger partial charge in [0.2, 0.25) is 0 Å². The fraction of sp³-hybridized carbons (Fsp3) is 0.308. The zero-order chi connectivity index (χ0) is 19.8. The maximum absolute atomic E-state index is 5.62. The summed E-state index contributed by atoms with van der Waals surface area (Å²) in [5.74, 6) is 0. The third-order valence-electron chi connectivity index (χ3n) is 6.39. The Labute approximate surface area is 173 Å². The first-order valence-corrected chi connectivity index (χ1v) is 10.7. The van der Waals surface area contributed by atoms with Crippen LogP contribution < -0.4 is 5.32 Å². The Morgan fingerprint density at radius 2 is 2.00 bits per heavy atom. The lowest BCUT2D eigenvalue weighted by molar-refractivity contribution is 0.271. The molecule has 3 aliphatic rings. The molecule has 0 amide bonds. The van der Waals surface area contributed by atoms with Gasteiger partial charge in [0, 0.05) is 30.4 Å². The number of rotatable bonds is 5. The van der Waals surface area contributed by atoms with Crippen LogP contribution in [0.15, 0.2) is 89.4 Å². The molecule has 0 saturated carbocycles. The molecule has 3 heteroatoms. The van der Waals surface area contributed by atoms with Crippen LogP contribution in [0.4, 0.5) is 0 Å². The summed E-state index contributed by atoms with van der Waals surface area (Å²) >= 11 is 0. The van der Waals surface area contributed by atoms with Crippen LogP contribution >= 0.6 is 0 Å². The van der Waals surface area contributed by atoms with Gasteiger partial charge in [0.25, 0.3) is 0 Å². The Hall–Kier alpha value is -2.78. The van der Waals surface area contributed by atoms with E-state index in [0.717, 1.165) is 19.5 Å². The van der Waals surface area contributed by atoms with E-state index >= 15 is 0 Å². The van der Waals surface area contributed by atoms with Crippen molar-refractivity contribution in [2.24, 2.45) is 0 Å². The van der Waals surface area contributed by atoms with Gasteiger partial charge in [-0.1, -0.05) is 54.6 Å². The molecule has 3 nitrogen and oxygen atoms in total. The smallest absolute Gasteiger partial charge is 0.108 e. The van der Waals surface area contributed by atoms with E-state index in [2.05, 4.69) is 84.8 Å². The molecule has 0 spiro atoms. The van der Waals surface area contributed by atoms with Crippen molar-refractivity contribution >= 4 is 10.8 Å². The van der Waals surface area contributed by atoms with E-state index in [-0.39, 0.29) is 0 Å². The normalized spacial score (nSPS) is 21.4. The van der Waals surface area contributed by atoms with Crippen LogP contribution in [0.1, 0.15) is 31.9 Å². The second-order valence-electron chi connectivity index (χ2n) is 8.04. The second-order valence-corrected chi connectivity index (χ2v) is 8.04. The van der Waals surface area contributed by atoms with Gasteiger partial charge in [0.05, 0.1) is 12.3 Å². The van der Waals surface area contributed by atoms with Crippen molar-refractivity contribution in [1.29, 1.82) is 0 Å². The van der Waals surface area contributed by atoms with E-state index in [9.17, 15) is 0 Å². The van der Waals surface area contributed by atoms with Crippen molar-refractivity contribution in [1.82, 2.24) is 10.2 Å². The molecule has 2 heterocycles. The van der Waals surface area contributed by atoms with Crippen LogP contribution in [0.2, 0.25) is 0 Å². The SMILES string of the molecule is CCN1C2=CCOC=C2C2=CC(CNC(C)c3cccc4ccccc34)=CC[C@H]21. The van der Waals surface area contributed by atoms with Crippen LogP contribution in [-0.4, -0.2) is 30.6 Å². The molecular weight excluding hydrogens is 356 g/mol. The molecule has 1 aliphatic carbocycles. The van der Waals surface area contributed by atoms with E-state index in [1.165, 1.54) is 38.8 Å². The molecule has 1 unspecified atom stereocenters. The maximum atomic E-state index is 5.62. The summed E-state index contributed by atoms with van der Waals surface area (Å²) in [5, 5.41) is 6.38. The van der Waals surface area contributed by atoms with E-state index in [1.54, 1.807) is 0 Å². The molecule has 0 radical (unpaired) electrons. The van der Waals surface area contributed by atoms with Gasteiger partial charge < -0.3 is 15.0 Å². The fourth-order valence-corrected chi connectivity index (χ4v) is 4.90. The van der Waals surface area contributed by atoms with Gasteiger partial charge in [0.15, 0.2) is 0 Å². The number of likely N-dealkylation sites (tertiary alicyclic amines) is 1. The standard InChI is InChI=1S/C26H28N2O/c1-3-28-25-12-11-19(15-23(25)24-17-29-14-13-26(24)28)16-27-18(2)21-10-6-8-20-7-4-5-9-22(20)21/h4-11,13,15,17-18,25,27H,3,12,14,16H2,1-2H3/t18?,25-/m1/s1. The molecule has 5 rings (SSSR count). The minimum atomic E-state index is 0.293. The maximum Gasteiger partial charge on any atom is 0.108 e. The lowest BCUT2D eigenvalue weighted by Gasteiger charge is -2.28. The van der Waals surface area contributed by atoms with Crippen LogP contribution in [0.5, 0.6) is 0 Å². The molecule has 29 heavy (non-hydrogen) atoms. The van der Waals surface area contributed by atoms with Crippen molar-refractivity contribution < 1.29 is 4.74 Å². The van der Waals surface area contributed by atoms with Gasteiger partial charge >= 0.3 is 0 Å². The largest absolute Gasteiger partial charge is 0.496 e. The Morgan fingerprint density at radius 1 is 1.14 bits per heavy atom. The summed E-state index contributed by atoms with van der Waals surface area (Å²) in [7, 11) is 0. The molecule has 1 fully saturated rings. The molecule has 1 N–H and O–H groups in total. The third kappa shape index (κ3) is 3.20. The highest BCUT2D eigenvalue weighted by atomic mass is 16.5. The van der Waals surface area contributed by atoms with Crippen LogP contribution in [0.3, 0.4) is 0 Å². The third-order valence-corrected chi connectivity index (χ3v) is 6.39. The highest BCUT2D eigenvalue weighted by molar-refractivity contribution is 5.86. The molecule has 2 aliphatic heterocycles. The summed E-state index contributed by atoms with van der Waals surface area (Å²) in [6.07, 6.45) is 10.0. The number of fused-ring (bicyclic) bond motifs is 4. The molecule has 0 bridgehead atoms. The number of hydrogen-bond donors (Lipinski definition) is 1. The van der Waals surface area contributed by atoms with Gasteiger partial charge in [-0.2, -0.15) is 0 Å². The van der Waals surface area contributed by atoms with Gasteiger partial charge in [-0.3, -0.25) is 0 Å². The minimum Gasteiger partial charge on any atom is -0.496 e. The van der Waals surface area contributed by atoms with Crippen LogP contribution in [-0.2, 0) is 4.74 Å². The zero-order valence-electron chi connectivity index (χ0n) is 17.2. The number of nitrogens with one attached hydrogen (secondary N) is 1. The van der Waals surface area contributed by atoms with Crippen molar-refractivity contribution in [2.75, 3.05) is 19.7 Å². The van der Waals surface area contributed by atoms with E-state index < -0.39 is 0 Å². The topological polar surface area (TPSA) is 24.5 Å². The average Bonchev–Trinajstić information content (AvgIpc) is 3.10. The monoisotopic (exact) mass is 384 g/mol. The summed E-state index contributed by atoms with van der Waals surface area (Å²) in [6.45, 7) is 7.09. The minimum absolute atomic E-state index is 0.293. The van der Waals surface area contributed by atoms with E-state index in [1.807, 2.05) is 6.26 Å². The Balaban J connectivity index is 1.34. The summed E-state index contributed by atoms with van der Waals surface area (Å²) in [5.41, 5.74) is 6.76. The number of ether oxygens (including phenoxy) is 1. The predicted molar refractivity (Wildman–Crippen MR) is 119 cm³/mol. The highest BCUT2D eigenvalue weighted by Crippen LogP contribution is 2.42. The molecule has 2 aromatic carbocycles. The number of hydrogen-bond acceptors (Lipinski definition) is 3. The lowest BCUT2D eigenvalue weighted by atomic mass is 9.92. The van der Waals surface area contributed by atoms with E-state index in [0.29, 0.717) is 18.7 Å². The number of benzene rings is 2. The average molecular weight is 385 g/mol. The first-order chi connectivity index (χ1) is 14.3. The summed E-state index contributed by atoms with van der Waals surface area (Å²) in [4.78, 5) is 2.51. The van der Waals surface area contributed by atoms with Crippen molar-refractivity contribution in [3.63, 3.8) is 0 Å². The summed E-state index contributed by atoms with van der Waals surface area (Å²) in [6, 6.07) is 16.0. The second kappa shape index (κ2) is 7.57. The molecule has 148 valence electrons. The fourth-order valence-electron chi connectivity index (χ4n) is 4.90. The molecule has 2 aromatic rings. The Bertz CT molecular complexity index is 1050. The van der Waals surface area contributed by atoms with Crippen molar-refractivity contribution in [3.8, 4) is 0 Å². The van der Waals surface area contributed by atoms with Gasteiger partial charge in [-0.15, -0.1) is 0 Å². The molecule has 0 aromatic heterocycles. The predicted octanol–water partition coefficient (Wildman–Crippen LogP) is 5.25. The van der Waals surface area contributed by atoms with Gasteiger partial charge in [-0.25, -0.2) is 0 Å². The summed E-state index contributed by atoms with van der Waals surface area (Å²) < 4.78 is 5.62. The Morgan fingerprint density at radius 3 is 2.90 bits per heavy atom. The lowest BCUT2D eigenvalue weighted by Crippen LogP contribution is -2.30. The van der Waals surface area contributed by atoms with Crippen molar-refractivity contribution in [3.05, 3.63) is 94.9 Å². The molecular formula is C26H28N2O. The molecule has 1 saturated heterocycles. The number of nitrogens with zero attached hydrogens (tertiary/aromatic N) is 1. The van der Waals surface area contributed by atoms with Crippen LogP contribution in [0, 0.1) is 0 Å². The van der Waals surface area contributed by atoms with Crippen molar-refractivity contribution in [2.45, 2.75) is 32.4 Å². The van der Waals surface area contributed by atoms with Gasteiger partial charge in [0.1, 0.15) is 6.61 Å². The first kappa shape index (κ1) is 18.3. The quantitative estimate of drug-likeness (QED) is 0.762. The zero-order valence-corrected chi connectivity index (χ0v) is 17.2. The molecule has 2 atom stereocenters. The number of allylic oxidation sites excluding steroid dienone is 1. The highest BCUT2D eigenvalue weighted by Gasteiger charge is 2.37. The Kier molecular flexibility index (Phi) is 4.76. The van der Waals surface area contributed by atoms with Gasteiger partial charge in [-0.05, 0) is 53.8 Å². The van der Waals surface area contributed by atoms with Crippen LogP contribution in [0.25, 0.3) is 10.8 Å². The first-order valence-electron chi connectivity index (χ1n) is 10.7. The number of likely N-dealkylation sites (N-methyl/N-ethyl adjacent to an activating group) is 1.